The molecule has 1 fully saturated rings. The van der Waals surface area contributed by atoms with Gasteiger partial charge in [0, 0.05) is 0 Å². The van der Waals surface area contributed by atoms with Crippen LogP contribution < -0.4 is 11.1 Å². The van der Waals surface area contributed by atoms with E-state index < -0.39 is 0 Å². The SMILES string of the molecule is C=C(/C=C\CC)C(N)N/C=N\[C@H](C)/C(C)=C/C(=C\[C@H](C)C[C@@H]1CC1C)C1CC=CCC1. The van der Waals surface area contributed by atoms with Crippen molar-refractivity contribution in [3.05, 3.63) is 59.8 Å². The van der Waals surface area contributed by atoms with Crippen LogP contribution in [-0.2, 0) is 0 Å². The Morgan fingerprint density at radius 2 is 2.06 bits per heavy atom. The molecule has 6 atom stereocenters. The summed E-state index contributed by atoms with van der Waals surface area (Å²) in [7, 11) is 0. The van der Waals surface area contributed by atoms with Crippen molar-refractivity contribution < 1.29 is 0 Å². The summed E-state index contributed by atoms with van der Waals surface area (Å²) in [5.41, 5.74) is 9.79. The van der Waals surface area contributed by atoms with Crippen LogP contribution in [0.2, 0.25) is 0 Å². The van der Waals surface area contributed by atoms with E-state index in [1.54, 1.807) is 6.34 Å². The molecule has 0 aromatic carbocycles. The first kappa shape index (κ1) is 25.4. The molecule has 0 saturated heterocycles. The fourth-order valence-corrected chi connectivity index (χ4v) is 4.22. The quantitative estimate of drug-likeness (QED) is 0.120. The smallest absolute Gasteiger partial charge is 0.101 e. The van der Waals surface area contributed by atoms with Crippen LogP contribution in [0.5, 0.6) is 0 Å². The summed E-state index contributed by atoms with van der Waals surface area (Å²) in [5.74, 6) is 3.14. The molecule has 0 aliphatic heterocycles. The second-order valence-corrected chi connectivity index (χ2v) is 9.71. The number of hydrogen-bond donors (Lipinski definition) is 2. The van der Waals surface area contributed by atoms with E-state index in [4.69, 9.17) is 5.73 Å². The zero-order valence-electron chi connectivity index (χ0n) is 20.5. The van der Waals surface area contributed by atoms with Crippen LogP contribution in [0.15, 0.2) is 64.7 Å². The van der Waals surface area contributed by atoms with Gasteiger partial charge in [0.15, 0.2) is 0 Å². The van der Waals surface area contributed by atoms with Crippen molar-refractivity contribution in [1.82, 2.24) is 5.32 Å². The average molecular weight is 424 g/mol. The topological polar surface area (TPSA) is 50.4 Å². The Labute approximate surface area is 191 Å². The summed E-state index contributed by atoms with van der Waals surface area (Å²) in [4.78, 5) is 4.68. The standard InChI is InChI=1S/C28H45N3/c1-7-8-12-21(3)28(29)31-19-30-24(6)22(4)17-27(25-13-10-9-11-14-25)16-20(2)15-26-18-23(26)5/h8-10,12,16-17,19-20,23-26,28H,3,7,11,13-15,18,29H2,1-2,4-6H3,(H,30,31)/b12-8-,22-17+,27-16+/t20-,23?,24-,25?,26-,28?/m1/s1. The first-order valence-corrected chi connectivity index (χ1v) is 12.2. The Kier molecular flexibility index (Phi) is 10.5. The van der Waals surface area contributed by atoms with Crippen molar-refractivity contribution in [3.63, 3.8) is 0 Å². The zero-order chi connectivity index (χ0) is 22.8. The van der Waals surface area contributed by atoms with Crippen LogP contribution in [-0.4, -0.2) is 18.5 Å². The fourth-order valence-electron chi connectivity index (χ4n) is 4.22. The highest BCUT2D eigenvalue weighted by Gasteiger charge is 2.33. The lowest BCUT2D eigenvalue weighted by molar-refractivity contribution is 0.532. The number of nitrogens with one attached hydrogen (secondary N) is 1. The van der Waals surface area contributed by atoms with Gasteiger partial charge < -0.3 is 11.1 Å². The van der Waals surface area contributed by atoms with E-state index in [0.29, 0.717) is 11.8 Å². The van der Waals surface area contributed by atoms with E-state index in [9.17, 15) is 0 Å². The van der Waals surface area contributed by atoms with Gasteiger partial charge in [-0.25, -0.2) is 0 Å². The highest BCUT2D eigenvalue weighted by atomic mass is 15.1. The summed E-state index contributed by atoms with van der Waals surface area (Å²) in [5, 5.41) is 3.14. The molecular weight excluding hydrogens is 378 g/mol. The average Bonchev–Trinajstić information content (AvgIpc) is 3.45. The number of allylic oxidation sites excluding steroid dienone is 6. The van der Waals surface area contributed by atoms with E-state index in [1.165, 1.54) is 36.8 Å². The largest absolute Gasteiger partial charge is 0.357 e. The summed E-state index contributed by atoms with van der Waals surface area (Å²) in [6.07, 6.45) is 22.4. The maximum absolute atomic E-state index is 6.12. The second kappa shape index (κ2) is 12.9. The van der Waals surface area contributed by atoms with Crippen molar-refractivity contribution in [2.24, 2.45) is 34.4 Å². The van der Waals surface area contributed by atoms with E-state index in [2.05, 4.69) is 81.9 Å². The van der Waals surface area contributed by atoms with Gasteiger partial charge in [0.05, 0.1) is 12.4 Å². The van der Waals surface area contributed by atoms with Crippen LogP contribution >= 0.6 is 0 Å². The van der Waals surface area contributed by atoms with Gasteiger partial charge in [-0.3, -0.25) is 4.99 Å². The van der Waals surface area contributed by atoms with Crippen molar-refractivity contribution in [2.45, 2.75) is 85.4 Å². The van der Waals surface area contributed by atoms with E-state index >= 15 is 0 Å². The summed E-state index contributed by atoms with van der Waals surface area (Å²) in [6.45, 7) is 15.2. The van der Waals surface area contributed by atoms with Gasteiger partial charge in [-0.2, -0.15) is 0 Å². The molecule has 2 aliphatic rings. The highest BCUT2D eigenvalue weighted by molar-refractivity contribution is 5.56. The molecule has 3 heteroatoms. The minimum Gasteiger partial charge on any atom is -0.357 e. The van der Waals surface area contributed by atoms with Crippen LogP contribution in [0.3, 0.4) is 0 Å². The molecule has 0 spiro atoms. The lowest BCUT2D eigenvalue weighted by Crippen LogP contribution is -2.37. The molecular formula is C28H45N3. The zero-order valence-corrected chi connectivity index (χ0v) is 20.5. The second-order valence-electron chi connectivity index (χ2n) is 9.71. The molecule has 172 valence electrons. The Morgan fingerprint density at radius 3 is 2.68 bits per heavy atom. The minimum absolute atomic E-state index is 0.112. The molecule has 3 unspecified atom stereocenters. The molecule has 0 aromatic rings. The van der Waals surface area contributed by atoms with Crippen molar-refractivity contribution in [1.29, 1.82) is 0 Å². The van der Waals surface area contributed by atoms with Crippen LogP contribution in [0.1, 0.15) is 73.1 Å². The van der Waals surface area contributed by atoms with E-state index in [1.807, 2.05) is 6.08 Å². The normalized spacial score (nSPS) is 27.5. The Morgan fingerprint density at radius 1 is 1.32 bits per heavy atom. The molecule has 1 saturated carbocycles. The van der Waals surface area contributed by atoms with Gasteiger partial charge in [-0.1, -0.05) is 63.8 Å². The Hall–Kier alpha value is -1.87. The molecule has 0 heterocycles. The fraction of sp³-hybridized carbons (Fsp3) is 0.607. The number of nitrogens with zero attached hydrogens (tertiary/aromatic N) is 1. The third kappa shape index (κ3) is 9.03. The van der Waals surface area contributed by atoms with Crippen LogP contribution in [0.4, 0.5) is 0 Å². The predicted molar refractivity (Wildman–Crippen MR) is 137 cm³/mol. The molecule has 3 N–H and O–H groups in total. The van der Waals surface area contributed by atoms with Gasteiger partial charge in [-0.05, 0) is 92.8 Å². The molecule has 31 heavy (non-hydrogen) atoms. The number of aliphatic imine (C=N–C) groups is 1. The third-order valence-electron chi connectivity index (χ3n) is 6.74. The maximum Gasteiger partial charge on any atom is 0.101 e. The lowest BCUT2D eigenvalue weighted by Gasteiger charge is -2.22. The number of hydrogen-bond acceptors (Lipinski definition) is 2. The third-order valence-corrected chi connectivity index (χ3v) is 6.74. The molecule has 0 aromatic heterocycles. The van der Waals surface area contributed by atoms with E-state index in [0.717, 1.165) is 30.3 Å². The molecule has 0 radical (unpaired) electrons. The molecule has 3 nitrogen and oxygen atoms in total. The maximum atomic E-state index is 6.12. The van der Waals surface area contributed by atoms with Crippen molar-refractivity contribution in [3.8, 4) is 0 Å². The first-order chi connectivity index (χ1) is 14.8. The van der Waals surface area contributed by atoms with Crippen LogP contribution in [0.25, 0.3) is 0 Å². The summed E-state index contributed by atoms with van der Waals surface area (Å²) < 4.78 is 0. The van der Waals surface area contributed by atoms with E-state index in [-0.39, 0.29) is 12.2 Å². The van der Waals surface area contributed by atoms with Crippen LogP contribution in [0, 0.1) is 23.7 Å². The first-order valence-electron chi connectivity index (χ1n) is 12.2. The van der Waals surface area contributed by atoms with Gasteiger partial charge in [0.25, 0.3) is 0 Å². The van der Waals surface area contributed by atoms with Crippen molar-refractivity contribution >= 4 is 6.34 Å². The number of nitrogens with two attached hydrogens (primary N) is 1. The Bertz CT molecular complexity index is 725. The molecule has 2 rings (SSSR count). The molecule has 2 aliphatic carbocycles. The minimum atomic E-state index is -0.307. The summed E-state index contributed by atoms with van der Waals surface area (Å²) >= 11 is 0. The van der Waals surface area contributed by atoms with Crippen molar-refractivity contribution in [2.75, 3.05) is 0 Å². The Balaban J connectivity index is 2.02. The van der Waals surface area contributed by atoms with Gasteiger partial charge >= 0.3 is 0 Å². The predicted octanol–water partition coefficient (Wildman–Crippen LogP) is 6.71. The van der Waals surface area contributed by atoms with Gasteiger partial charge in [0.1, 0.15) is 6.17 Å². The monoisotopic (exact) mass is 423 g/mol. The van der Waals surface area contributed by atoms with Gasteiger partial charge in [0.2, 0.25) is 0 Å². The lowest BCUT2D eigenvalue weighted by atomic mass is 9.84. The number of rotatable bonds is 12. The van der Waals surface area contributed by atoms with Gasteiger partial charge in [-0.15, -0.1) is 0 Å². The molecule has 0 amide bonds. The highest BCUT2D eigenvalue weighted by Crippen LogP contribution is 2.43. The molecule has 0 bridgehead atoms. The summed E-state index contributed by atoms with van der Waals surface area (Å²) in [6, 6.07) is 0.112.